The highest BCUT2D eigenvalue weighted by Crippen LogP contribution is 2.34. The zero-order chi connectivity index (χ0) is 17.0. The van der Waals surface area contributed by atoms with Crippen LogP contribution >= 0.6 is 0 Å². The first-order chi connectivity index (χ1) is 11.0. The molecular formula is C15H20FN3O4. The van der Waals surface area contributed by atoms with Gasteiger partial charge in [0.15, 0.2) is 0 Å². The molecule has 0 bridgehead atoms. The summed E-state index contributed by atoms with van der Waals surface area (Å²) in [6.07, 6.45) is -0.615. The number of para-hydroxylation sites is 1. The molecule has 0 radical (unpaired) electrons. The molecule has 1 aliphatic rings. The summed E-state index contributed by atoms with van der Waals surface area (Å²) in [7, 11) is 1.49. The fourth-order valence-corrected chi connectivity index (χ4v) is 2.73. The van der Waals surface area contributed by atoms with Gasteiger partial charge in [-0.1, -0.05) is 6.07 Å². The minimum absolute atomic E-state index is 0.0359. The van der Waals surface area contributed by atoms with Crippen LogP contribution in [0.3, 0.4) is 0 Å². The third-order valence-corrected chi connectivity index (χ3v) is 3.84. The molecule has 0 saturated carbocycles. The van der Waals surface area contributed by atoms with Crippen molar-refractivity contribution in [1.82, 2.24) is 5.32 Å². The number of aliphatic hydroxyl groups excluding tert-OH is 1. The molecule has 0 fully saturated rings. The van der Waals surface area contributed by atoms with Gasteiger partial charge in [-0.25, -0.2) is 9.18 Å². The van der Waals surface area contributed by atoms with Gasteiger partial charge < -0.3 is 25.3 Å². The molecule has 2 amide bonds. The molecular weight excluding hydrogens is 305 g/mol. The average molecular weight is 325 g/mol. The second kappa shape index (κ2) is 7.28. The van der Waals surface area contributed by atoms with Crippen LogP contribution in [-0.4, -0.2) is 55.0 Å². The molecule has 1 heterocycles. The number of hydrogen-bond acceptors (Lipinski definition) is 4. The lowest BCUT2D eigenvalue weighted by Gasteiger charge is -2.35. The largest absolute Gasteiger partial charge is 0.465 e. The molecule has 1 aliphatic heterocycles. The maximum Gasteiger partial charge on any atom is 0.405 e. The lowest BCUT2D eigenvalue weighted by molar-refractivity contribution is -0.120. The molecule has 0 unspecified atom stereocenters. The third kappa shape index (κ3) is 3.70. The van der Waals surface area contributed by atoms with Gasteiger partial charge in [-0.15, -0.1) is 0 Å². The van der Waals surface area contributed by atoms with Crippen molar-refractivity contribution in [2.24, 2.45) is 0 Å². The van der Waals surface area contributed by atoms with Crippen LogP contribution in [0.5, 0.6) is 0 Å². The molecule has 0 aromatic heterocycles. The summed E-state index contributed by atoms with van der Waals surface area (Å²) in [5.74, 6) is -0.884. The van der Waals surface area contributed by atoms with E-state index >= 15 is 0 Å². The number of carbonyl (C=O) groups is 2. The maximum absolute atomic E-state index is 14.3. The van der Waals surface area contributed by atoms with Gasteiger partial charge in [0.1, 0.15) is 11.9 Å². The molecule has 1 aromatic carbocycles. The Bertz CT molecular complexity index is 596. The zero-order valence-corrected chi connectivity index (χ0v) is 12.8. The van der Waals surface area contributed by atoms with E-state index in [9.17, 15) is 14.0 Å². The number of benzene rings is 1. The van der Waals surface area contributed by atoms with Gasteiger partial charge in [0.05, 0.1) is 11.4 Å². The van der Waals surface area contributed by atoms with Crippen LogP contribution in [0.2, 0.25) is 0 Å². The minimum atomic E-state index is -1.28. The van der Waals surface area contributed by atoms with E-state index in [1.54, 1.807) is 11.0 Å². The molecule has 23 heavy (non-hydrogen) atoms. The first kappa shape index (κ1) is 17.0. The van der Waals surface area contributed by atoms with Crippen molar-refractivity contribution < 1.29 is 24.2 Å². The second-order valence-electron chi connectivity index (χ2n) is 5.36. The number of anilines is 2. The number of fused-ring (bicyclic) bond motifs is 1. The number of likely N-dealkylation sites (N-methyl/N-ethyl adjacent to an activating group) is 1. The maximum atomic E-state index is 14.3. The summed E-state index contributed by atoms with van der Waals surface area (Å²) in [6, 6.07) is 3.54. The van der Waals surface area contributed by atoms with Gasteiger partial charge in [0.25, 0.3) is 0 Å². The highest BCUT2D eigenvalue weighted by Gasteiger charge is 2.31. The lowest BCUT2D eigenvalue weighted by atomic mass is 10.1. The van der Waals surface area contributed by atoms with Crippen LogP contribution < -0.4 is 15.1 Å². The fraction of sp³-hybridized carbons (Fsp3) is 0.467. The van der Waals surface area contributed by atoms with Gasteiger partial charge in [0.2, 0.25) is 5.91 Å². The number of nitrogens with zero attached hydrogens (tertiary/aromatic N) is 2. The van der Waals surface area contributed by atoms with Crippen molar-refractivity contribution in [2.75, 3.05) is 36.5 Å². The summed E-state index contributed by atoms with van der Waals surface area (Å²) >= 11 is 0. The Morgan fingerprint density at radius 1 is 1.48 bits per heavy atom. The molecule has 2 rings (SSSR count). The van der Waals surface area contributed by atoms with E-state index in [1.807, 2.05) is 0 Å². The first-order valence-corrected chi connectivity index (χ1v) is 7.37. The topological polar surface area (TPSA) is 93.1 Å². The summed E-state index contributed by atoms with van der Waals surface area (Å²) < 4.78 is 14.3. The van der Waals surface area contributed by atoms with Crippen LogP contribution in [0.15, 0.2) is 18.2 Å². The highest BCUT2D eigenvalue weighted by atomic mass is 19.1. The second-order valence-corrected chi connectivity index (χ2v) is 5.36. The third-order valence-electron chi connectivity index (χ3n) is 3.84. The number of rotatable bonds is 4. The van der Waals surface area contributed by atoms with Gasteiger partial charge in [-0.2, -0.15) is 0 Å². The van der Waals surface area contributed by atoms with Gasteiger partial charge in [-0.3, -0.25) is 4.79 Å². The first-order valence-electron chi connectivity index (χ1n) is 7.37. The SMILES string of the molecule is CN1C(=O)[C@@H](NC(=O)O)CCN(CCCO)c2c(F)cccc21. The highest BCUT2D eigenvalue weighted by molar-refractivity contribution is 6.01. The molecule has 1 atom stereocenters. The Balaban J connectivity index is 2.42. The normalized spacial score (nSPS) is 18.2. The standard InChI is InChI=1S/C15H20FN3O4/c1-18-12-5-2-4-10(16)13(12)19(7-3-9-20)8-6-11(14(18)21)17-15(22)23/h2,4-5,11,17,20H,3,6-9H2,1H3,(H,22,23)/t11-/m0/s1. The van der Waals surface area contributed by atoms with E-state index in [0.717, 1.165) is 0 Å². The minimum Gasteiger partial charge on any atom is -0.465 e. The van der Waals surface area contributed by atoms with E-state index in [-0.39, 0.29) is 13.0 Å². The van der Waals surface area contributed by atoms with Crippen molar-refractivity contribution in [3.05, 3.63) is 24.0 Å². The van der Waals surface area contributed by atoms with E-state index in [0.29, 0.717) is 30.9 Å². The molecule has 3 N–H and O–H groups in total. The van der Waals surface area contributed by atoms with Crippen molar-refractivity contribution in [3.8, 4) is 0 Å². The molecule has 126 valence electrons. The van der Waals surface area contributed by atoms with Gasteiger partial charge >= 0.3 is 6.09 Å². The summed E-state index contributed by atoms with van der Waals surface area (Å²) in [5, 5.41) is 20.1. The number of carbonyl (C=O) groups excluding carboxylic acids is 1. The van der Waals surface area contributed by atoms with Crippen LogP contribution in [0.4, 0.5) is 20.6 Å². The number of amides is 2. The number of halogens is 1. The Hall–Kier alpha value is -2.35. The van der Waals surface area contributed by atoms with E-state index in [2.05, 4.69) is 5.32 Å². The van der Waals surface area contributed by atoms with E-state index < -0.39 is 23.9 Å². The van der Waals surface area contributed by atoms with Crippen LogP contribution in [0.25, 0.3) is 0 Å². The van der Waals surface area contributed by atoms with Crippen LogP contribution in [0, 0.1) is 5.82 Å². The Labute approximate surface area is 133 Å². The van der Waals surface area contributed by atoms with Gasteiger partial charge in [0, 0.05) is 26.7 Å². The summed E-state index contributed by atoms with van der Waals surface area (Å²) in [4.78, 5) is 26.3. The van der Waals surface area contributed by atoms with Crippen LogP contribution in [-0.2, 0) is 4.79 Å². The van der Waals surface area contributed by atoms with Crippen LogP contribution in [0.1, 0.15) is 12.8 Å². The smallest absolute Gasteiger partial charge is 0.405 e. The van der Waals surface area contributed by atoms with Crippen molar-refractivity contribution in [1.29, 1.82) is 0 Å². The monoisotopic (exact) mass is 325 g/mol. The quantitative estimate of drug-likeness (QED) is 0.768. The van der Waals surface area contributed by atoms with E-state index in [1.165, 1.54) is 24.1 Å². The Morgan fingerprint density at radius 3 is 2.87 bits per heavy atom. The number of hydrogen-bond donors (Lipinski definition) is 3. The number of nitrogens with one attached hydrogen (secondary N) is 1. The molecule has 0 saturated heterocycles. The molecule has 0 spiro atoms. The van der Waals surface area contributed by atoms with Crippen molar-refractivity contribution >= 4 is 23.4 Å². The predicted octanol–water partition coefficient (Wildman–Crippen LogP) is 1.02. The molecule has 0 aliphatic carbocycles. The van der Waals surface area contributed by atoms with Crippen molar-refractivity contribution in [3.63, 3.8) is 0 Å². The zero-order valence-electron chi connectivity index (χ0n) is 12.8. The number of carboxylic acid groups (broad SMARTS) is 1. The molecule has 1 aromatic rings. The van der Waals surface area contributed by atoms with E-state index in [4.69, 9.17) is 10.2 Å². The predicted molar refractivity (Wildman–Crippen MR) is 83.3 cm³/mol. The summed E-state index contributed by atoms with van der Waals surface area (Å²) in [6.45, 7) is 0.677. The molecule has 7 nitrogen and oxygen atoms in total. The number of aliphatic hydroxyl groups is 1. The molecule has 8 heteroatoms. The van der Waals surface area contributed by atoms with Gasteiger partial charge in [-0.05, 0) is 25.0 Å². The lowest BCUT2D eigenvalue weighted by Crippen LogP contribution is -2.50. The Morgan fingerprint density at radius 2 is 2.22 bits per heavy atom. The Kier molecular flexibility index (Phi) is 5.38. The fourth-order valence-electron chi connectivity index (χ4n) is 2.73. The summed E-state index contributed by atoms with van der Waals surface area (Å²) in [5.41, 5.74) is 0.676. The van der Waals surface area contributed by atoms with Crippen molar-refractivity contribution in [2.45, 2.75) is 18.9 Å². The average Bonchev–Trinajstić information content (AvgIpc) is 2.51.